The molecule has 0 saturated carbocycles. The summed E-state index contributed by atoms with van der Waals surface area (Å²) in [6.45, 7) is 7.62. The zero-order valence-corrected chi connectivity index (χ0v) is 14.8. The monoisotopic (exact) mass is 326 g/mol. The third kappa shape index (κ3) is 4.73. The number of aryl methyl sites for hydroxylation is 1. The van der Waals surface area contributed by atoms with Gasteiger partial charge in [-0.25, -0.2) is 8.42 Å². The Labute approximate surface area is 133 Å². The lowest BCUT2D eigenvalue weighted by Gasteiger charge is -2.31. The van der Waals surface area contributed by atoms with Gasteiger partial charge in [-0.05, 0) is 38.8 Å². The van der Waals surface area contributed by atoms with Crippen molar-refractivity contribution in [2.24, 2.45) is 0 Å². The Morgan fingerprint density at radius 1 is 1.18 bits per heavy atom. The summed E-state index contributed by atoms with van der Waals surface area (Å²) in [5, 5.41) is 2.87. The largest absolute Gasteiger partial charge is 0.352 e. The number of nitrogens with one attached hydrogen (secondary N) is 1. The Morgan fingerprint density at radius 3 is 2.14 bits per heavy atom. The highest BCUT2D eigenvalue weighted by Crippen LogP contribution is 2.23. The molecule has 1 aromatic carbocycles. The average molecular weight is 326 g/mol. The Morgan fingerprint density at radius 2 is 1.73 bits per heavy atom. The minimum absolute atomic E-state index is 0.0148. The molecule has 0 radical (unpaired) electrons. The third-order valence-electron chi connectivity index (χ3n) is 3.62. The zero-order valence-electron chi connectivity index (χ0n) is 14.0. The fourth-order valence-electron chi connectivity index (χ4n) is 2.19. The lowest BCUT2D eigenvalue weighted by Crippen LogP contribution is -2.51. The molecule has 0 aliphatic carbocycles. The number of carbonyl (C=O) groups excluding carboxylic acids is 1. The van der Waals surface area contributed by atoms with Crippen LogP contribution >= 0.6 is 0 Å². The van der Waals surface area contributed by atoms with Crippen LogP contribution in [0.15, 0.2) is 24.3 Å². The third-order valence-corrected chi connectivity index (χ3v) is 4.80. The molecule has 0 bridgehead atoms. The van der Waals surface area contributed by atoms with E-state index in [9.17, 15) is 13.2 Å². The molecular weight excluding hydrogens is 300 g/mol. The second-order valence-corrected chi connectivity index (χ2v) is 7.50. The summed E-state index contributed by atoms with van der Waals surface area (Å²) >= 11 is 0. The van der Waals surface area contributed by atoms with Gasteiger partial charge in [0.25, 0.3) is 0 Å². The van der Waals surface area contributed by atoms with Gasteiger partial charge in [0.05, 0.1) is 11.9 Å². The van der Waals surface area contributed by atoms with Crippen LogP contribution in [0.4, 0.5) is 5.69 Å². The van der Waals surface area contributed by atoms with Gasteiger partial charge in [-0.2, -0.15) is 0 Å². The highest BCUT2D eigenvalue weighted by atomic mass is 32.2. The average Bonchev–Trinajstić information content (AvgIpc) is 2.44. The first-order valence-electron chi connectivity index (χ1n) is 7.57. The van der Waals surface area contributed by atoms with E-state index >= 15 is 0 Å². The molecule has 1 aromatic rings. The molecule has 22 heavy (non-hydrogen) atoms. The summed E-state index contributed by atoms with van der Waals surface area (Å²) in [6.07, 6.45) is 2.33. The van der Waals surface area contributed by atoms with Crippen LogP contribution in [0.2, 0.25) is 0 Å². The maximum absolute atomic E-state index is 12.5. The first kappa shape index (κ1) is 18.5. The van der Waals surface area contributed by atoms with E-state index in [-0.39, 0.29) is 11.9 Å². The number of nitrogens with zero attached hydrogens (tertiary/aromatic N) is 1. The van der Waals surface area contributed by atoms with Gasteiger partial charge < -0.3 is 5.32 Å². The van der Waals surface area contributed by atoms with Gasteiger partial charge in [0, 0.05) is 6.04 Å². The number of hydrogen-bond acceptors (Lipinski definition) is 3. The van der Waals surface area contributed by atoms with Crippen LogP contribution in [-0.2, 0) is 14.8 Å². The quantitative estimate of drug-likeness (QED) is 0.837. The molecule has 124 valence electrons. The first-order valence-corrected chi connectivity index (χ1v) is 9.42. The Hall–Kier alpha value is -1.56. The SMILES string of the molecule is CCC(C)NC(=O)C(CC)N(c1ccc(C)cc1)S(C)(=O)=O. The number of anilines is 1. The van der Waals surface area contributed by atoms with E-state index in [1.54, 1.807) is 12.1 Å². The summed E-state index contributed by atoms with van der Waals surface area (Å²) < 4.78 is 25.7. The van der Waals surface area contributed by atoms with E-state index in [1.165, 1.54) is 4.31 Å². The smallest absolute Gasteiger partial charge is 0.244 e. The van der Waals surface area contributed by atoms with Gasteiger partial charge in [-0.1, -0.05) is 31.5 Å². The summed E-state index contributed by atoms with van der Waals surface area (Å²) in [5.41, 5.74) is 1.55. The van der Waals surface area contributed by atoms with E-state index in [4.69, 9.17) is 0 Å². The van der Waals surface area contributed by atoms with Crippen LogP contribution in [0, 0.1) is 6.92 Å². The highest BCUT2D eigenvalue weighted by molar-refractivity contribution is 7.92. The fraction of sp³-hybridized carbons (Fsp3) is 0.562. The van der Waals surface area contributed by atoms with Crippen LogP contribution in [0.1, 0.15) is 39.2 Å². The minimum Gasteiger partial charge on any atom is -0.352 e. The molecule has 1 amide bonds. The van der Waals surface area contributed by atoms with Crippen molar-refractivity contribution in [3.63, 3.8) is 0 Å². The lowest BCUT2D eigenvalue weighted by molar-refractivity contribution is -0.122. The predicted molar refractivity (Wildman–Crippen MR) is 90.5 cm³/mol. The normalized spacial score (nSPS) is 14.2. The number of hydrogen-bond donors (Lipinski definition) is 1. The molecule has 2 atom stereocenters. The number of rotatable bonds is 7. The molecule has 0 aliphatic rings. The van der Waals surface area contributed by atoms with Gasteiger partial charge in [0.2, 0.25) is 15.9 Å². The zero-order chi connectivity index (χ0) is 16.9. The Bertz CT molecular complexity index is 596. The molecule has 6 heteroatoms. The number of benzene rings is 1. The topological polar surface area (TPSA) is 66.5 Å². The van der Waals surface area contributed by atoms with Crippen LogP contribution < -0.4 is 9.62 Å². The van der Waals surface area contributed by atoms with Crippen molar-refractivity contribution in [2.75, 3.05) is 10.6 Å². The Balaban J connectivity index is 3.19. The van der Waals surface area contributed by atoms with Crippen molar-refractivity contribution in [3.8, 4) is 0 Å². The van der Waals surface area contributed by atoms with E-state index in [1.807, 2.05) is 39.8 Å². The predicted octanol–water partition coefficient (Wildman–Crippen LogP) is 2.45. The van der Waals surface area contributed by atoms with Gasteiger partial charge in [0.15, 0.2) is 0 Å². The van der Waals surface area contributed by atoms with Gasteiger partial charge in [-0.3, -0.25) is 9.10 Å². The molecule has 1 N–H and O–H groups in total. The van der Waals surface area contributed by atoms with Crippen LogP contribution in [-0.4, -0.2) is 32.7 Å². The molecule has 0 aromatic heterocycles. The summed E-state index contributed by atoms with van der Waals surface area (Å²) in [6, 6.07) is 6.41. The molecule has 0 aliphatic heterocycles. The van der Waals surface area contributed by atoms with Gasteiger partial charge >= 0.3 is 0 Å². The molecule has 2 unspecified atom stereocenters. The summed E-state index contributed by atoms with van der Waals surface area (Å²) in [4.78, 5) is 12.5. The van der Waals surface area contributed by atoms with E-state index in [0.29, 0.717) is 12.1 Å². The van der Waals surface area contributed by atoms with Crippen molar-refractivity contribution < 1.29 is 13.2 Å². The van der Waals surface area contributed by atoms with Gasteiger partial charge in [0.1, 0.15) is 6.04 Å². The molecule has 0 saturated heterocycles. The lowest BCUT2D eigenvalue weighted by atomic mass is 10.1. The molecule has 5 nitrogen and oxygen atoms in total. The molecular formula is C16H26N2O3S. The van der Waals surface area contributed by atoms with Crippen LogP contribution in [0.5, 0.6) is 0 Å². The summed E-state index contributed by atoms with van der Waals surface area (Å²) in [5.74, 6) is -0.261. The van der Waals surface area contributed by atoms with Crippen molar-refractivity contribution in [1.82, 2.24) is 5.32 Å². The van der Waals surface area contributed by atoms with E-state index < -0.39 is 16.1 Å². The van der Waals surface area contributed by atoms with Crippen LogP contribution in [0.25, 0.3) is 0 Å². The molecule has 0 fully saturated rings. The van der Waals surface area contributed by atoms with Crippen LogP contribution in [0.3, 0.4) is 0 Å². The number of sulfonamides is 1. The van der Waals surface area contributed by atoms with Crippen molar-refractivity contribution in [2.45, 2.75) is 52.6 Å². The standard InChI is InChI=1S/C16H26N2O3S/c1-6-13(4)17-16(19)15(7-2)18(22(5,20)21)14-10-8-12(3)9-11-14/h8-11,13,15H,6-7H2,1-5H3,(H,17,19). The first-order chi connectivity index (χ1) is 10.2. The molecule has 1 rings (SSSR count). The van der Waals surface area contributed by atoms with Crippen molar-refractivity contribution in [3.05, 3.63) is 29.8 Å². The number of carbonyl (C=O) groups is 1. The number of amides is 1. The summed E-state index contributed by atoms with van der Waals surface area (Å²) in [7, 11) is -3.56. The maximum atomic E-state index is 12.5. The second-order valence-electron chi connectivity index (χ2n) is 5.64. The second kappa shape index (κ2) is 7.63. The van der Waals surface area contributed by atoms with E-state index in [0.717, 1.165) is 18.2 Å². The molecule has 0 spiro atoms. The minimum atomic E-state index is -3.56. The van der Waals surface area contributed by atoms with E-state index in [2.05, 4.69) is 5.32 Å². The maximum Gasteiger partial charge on any atom is 0.244 e. The molecule has 0 heterocycles. The fourth-order valence-corrected chi connectivity index (χ4v) is 3.40. The van der Waals surface area contributed by atoms with Crippen molar-refractivity contribution >= 4 is 21.6 Å². The highest BCUT2D eigenvalue weighted by Gasteiger charge is 2.31. The van der Waals surface area contributed by atoms with Gasteiger partial charge in [-0.15, -0.1) is 0 Å². The van der Waals surface area contributed by atoms with Crippen molar-refractivity contribution in [1.29, 1.82) is 0 Å². The Kier molecular flexibility index (Phi) is 6.41.